The number of aromatic nitrogens is 3. The van der Waals surface area contributed by atoms with Crippen molar-refractivity contribution in [1.29, 1.82) is 0 Å². The van der Waals surface area contributed by atoms with Gasteiger partial charge in [-0.05, 0) is 38.5 Å². The molecule has 0 saturated heterocycles. The van der Waals surface area contributed by atoms with Crippen LogP contribution in [0.15, 0.2) is 29.4 Å². The quantitative estimate of drug-likeness (QED) is 0.850. The molecule has 2 aromatic rings. The molecule has 7 nitrogen and oxygen atoms in total. The summed E-state index contributed by atoms with van der Waals surface area (Å²) >= 11 is 1.48. The fraction of sp³-hybridized carbons (Fsp3) is 0.375. The first kappa shape index (κ1) is 18.3. The van der Waals surface area contributed by atoms with Gasteiger partial charge in [0, 0.05) is 17.6 Å². The Morgan fingerprint density at radius 2 is 2.23 bits per heavy atom. The Balaban J connectivity index is 1.86. The van der Waals surface area contributed by atoms with Crippen LogP contribution in [-0.2, 0) is 5.54 Å². The van der Waals surface area contributed by atoms with Gasteiger partial charge in [-0.25, -0.2) is 4.99 Å². The van der Waals surface area contributed by atoms with E-state index in [1.807, 2.05) is 6.92 Å². The molecule has 1 aliphatic heterocycles. The van der Waals surface area contributed by atoms with Crippen molar-refractivity contribution in [3.63, 3.8) is 0 Å². The van der Waals surface area contributed by atoms with E-state index < -0.39 is 18.0 Å². The molecule has 0 bridgehead atoms. The van der Waals surface area contributed by atoms with Crippen LogP contribution in [0.2, 0.25) is 0 Å². The maximum atomic E-state index is 13.0. The van der Waals surface area contributed by atoms with E-state index in [2.05, 4.69) is 20.4 Å². The van der Waals surface area contributed by atoms with E-state index in [-0.39, 0.29) is 5.69 Å². The van der Waals surface area contributed by atoms with E-state index in [1.54, 1.807) is 25.3 Å². The molecule has 138 valence electrons. The number of rotatable bonds is 4. The molecular weight excluding hydrogens is 362 g/mol. The van der Waals surface area contributed by atoms with Crippen LogP contribution < -0.4 is 11.1 Å². The molecule has 0 fully saturated rings. The van der Waals surface area contributed by atoms with E-state index in [1.165, 1.54) is 17.8 Å². The Morgan fingerprint density at radius 1 is 1.46 bits per heavy atom. The number of carbonyl (C=O) groups excluding carboxylic acids is 1. The summed E-state index contributed by atoms with van der Waals surface area (Å²) in [5.74, 6) is 0.146. The van der Waals surface area contributed by atoms with Crippen LogP contribution in [-0.4, -0.2) is 31.6 Å². The molecule has 0 radical (unpaired) electrons. The number of halogens is 2. The lowest BCUT2D eigenvalue weighted by molar-refractivity contribution is 0.0518. The number of aryl methyl sites for hydroxylation is 1. The van der Waals surface area contributed by atoms with E-state index in [9.17, 15) is 13.6 Å². The number of nitrogens with one attached hydrogen (secondary N) is 1. The zero-order valence-corrected chi connectivity index (χ0v) is 15.1. The maximum absolute atomic E-state index is 13.0. The van der Waals surface area contributed by atoms with Crippen LogP contribution >= 0.6 is 11.8 Å². The van der Waals surface area contributed by atoms with Crippen molar-refractivity contribution < 1.29 is 13.6 Å². The molecule has 0 saturated carbocycles. The number of amidine groups is 1. The molecule has 10 heteroatoms. The number of amides is 1. The molecule has 2 aromatic heterocycles. The van der Waals surface area contributed by atoms with Gasteiger partial charge in [-0.2, -0.15) is 18.6 Å². The molecule has 3 N–H and O–H groups in total. The highest BCUT2D eigenvalue weighted by atomic mass is 32.2. The van der Waals surface area contributed by atoms with Gasteiger partial charge in [0.25, 0.3) is 5.91 Å². The number of hydrogen-bond donors (Lipinski definition) is 2. The van der Waals surface area contributed by atoms with Crippen molar-refractivity contribution in [3.05, 3.63) is 41.5 Å². The van der Waals surface area contributed by atoms with Gasteiger partial charge in [0.1, 0.15) is 11.2 Å². The van der Waals surface area contributed by atoms with Crippen molar-refractivity contribution in [3.8, 4) is 0 Å². The third-order valence-electron chi connectivity index (χ3n) is 4.04. The average Bonchev–Trinajstić information content (AvgIpc) is 2.97. The second-order valence-electron chi connectivity index (χ2n) is 6.10. The third-order valence-corrected chi connectivity index (χ3v) is 4.84. The minimum absolute atomic E-state index is 0.210. The van der Waals surface area contributed by atoms with Gasteiger partial charge >= 0.3 is 6.55 Å². The van der Waals surface area contributed by atoms with Crippen LogP contribution in [0.3, 0.4) is 0 Å². The van der Waals surface area contributed by atoms with Gasteiger partial charge in [0.05, 0.1) is 11.4 Å². The van der Waals surface area contributed by atoms with Gasteiger partial charge in [-0.3, -0.25) is 9.78 Å². The number of nitrogens with two attached hydrogens (primary N) is 1. The number of carbonyl (C=O) groups is 1. The van der Waals surface area contributed by atoms with E-state index in [4.69, 9.17) is 5.73 Å². The molecular formula is C16H18F2N6OS. The van der Waals surface area contributed by atoms with Crippen LogP contribution in [0, 0.1) is 6.92 Å². The van der Waals surface area contributed by atoms with Crippen LogP contribution in [0.1, 0.15) is 41.8 Å². The first-order valence-electron chi connectivity index (χ1n) is 7.89. The average molecular weight is 380 g/mol. The second-order valence-corrected chi connectivity index (χ2v) is 7.21. The summed E-state index contributed by atoms with van der Waals surface area (Å²) in [4.78, 5) is 21.2. The van der Waals surface area contributed by atoms with E-state index in [0.29, 0.717) is 26.9 Å². The molecule has 26 heavy (non-hydrogen) atoms. The maximum Gasteiger partial charge on any atom is 0.333 e. The van der Waals surface area contributed by atoms with E-state index >= 15 is 0 Å². The Hall–Kier alpha value is -2.49. The number of nitrogens with zero attached hydrogens (tertiary/aromatic N) is 4. The molecule has 1 aliphatic rings. The fourth-order valence-electron chi connectivity index (χ4n) is 2.70. The third kappa shape index (κ3) is 3.69. The number of thioether (sulfide) groups is 1. The van der Waals surface area contributed by atoms with Gasteiger partial charge in [-0.15, -0.1) is 0 Å². The monoisotopic (exact) mass is 380 g/mol. The predicted molar refractivity (Wildman–Crippen MR) is 96.5 cm³/mol. The minimum atomic E-state index is -2.89. The lowest BCUT2D eigenvalue weighted by Crippen LogP contribution is -2.29. The molecule has 3 heterocycles. The first-order valence-corrected chi connectivity index (χ1v) is 8.87. The molecule has 1 atom stereocenters. The van der Waals surface area contributed by atoms with Crippen LogP contribution in [0.25, 0.3) is 0 Å². The highest BCUT2D eigenvalue weighted by molar-refractivity contribution is 8.13. The highest BCUT2D eigenvalue weighted by Gasteiger charge is 2.31. The number of hydrogen-bond acceptors (Lipinski definition) is 6. The largest absolute Gasteiger partial charge is 0.379 e. The Labute approximate surface area is 153 Å². The van der Waals surface area contributed by atoms with Gasteiger partial charge in [0.15, 0.2) is 5.17 Å². The lowest BCUT2D eigenvalue weighted by atomic mass is 9.94. The normalized spacial score (nSPS) is 20.1. The lowest BCUT2D eigenvalue weighted by Gasteiger charge is -2.28. The first-order chi connectivity index (χ1) is 12.3. The molecule has 0 spiro atoms. The van der Waals surface area contributed by atoms with Crippen molar-refractivity contribution in [2.75, 3.05) is 11.1 Å². The van der Waals surface area contributed by atoms with Crippen molar-refractivity contribution in [2.45, 2.75) is 32.4 Å². The summed E-state index contributed by atoms with van der Waals surface area (Å²) in [7, 11) is 0. The summed E-state index contributed by atoms with van der Waals surface area (Å²) in [6.07, 6.45) is 2.29. The summed E-state index contributed by atoms with van der Waals surface area (Å²) in [6.45, 7) is 0.571. The molecule has 0 aliphatic carbocycles. The van der Waals surface area contributed by atoms with Gasteiger partial charge in [-0.1, -0.05) is 11.8 Å². The number of anilines is 1. The zero-order valence-electron chi connectivity index (χ0n) is 14.2. The summed E-state index contributed by atoms with van der Waals surface area (Å²) < 4.78 is 26.4. The molecule has 1 amide bonds. The van der Waals surface area contributed by atoms with Crippen molar-refractivity contribution >= 4 is 28.5 Å². The SMILES string of the molecule is Cc1cc(C(=O)Nc2ccnc([C@]3(C)CCSC(N)=N3)c2)n(C(F)F)n1. The smallest absolute Gasteiger partial charge is 0.333 e. The summed E-state index contributed by atoms with van der Waals surface area (Å²) in [5, 5.41) is 6.75. The Morgan fingerprint density at radius 3 is 2.92 bits per heavy atom. The summed E-state index contributed by atoms with van der Waals surface area (Å²) in [6, 6.07) is 4.58. The minimum Gasteiger partial charge on any atom is -0.379 e. The Kier molecular flexibility index (Phi) is 4.94. The van der Waals surface area contributed by atoms with E-state index in [0.717, 1.165) is 12.2 Å². The predicted octanol–water partition coefficient (Wildman–Crippen LogP) is 2.90. The van der Waals surface area contributed by atoms with Gasteiger partial charge < -0.3 is 11.1 Å². The van der Waals surface area contributed by atoms with Crippen molar-refractivity contribution in [2.24, 2.45) is 10.7 Å². The second kappa shape index (κ2) is 7.02. The van der Waals surface area contributed by atoms with Crippen LogP contribution in [0.5, 0.6) is 0 Å². The molecule has 0 aromatic carbocycles. The van der Waals surface area contributed by atoms with Crippen LogP contribution in [0.4, 0.5) is 14.5 Å². The Bertz CT molecular complexity index is 868. The number of pyridine rings is 1. The fourth-order valence-corrected chi connectivity index (χ4v) is 3.68. The summed E-state index contributed by atoms with van der Waals surface area (Å²) in [5.41, 5.74) is 6.45. The standard InChI is InChI=1S/C16H18F2N6OS/c1-9-7-11(24(23-9)14(17)18)13(25)21-10-3-5-20-12(8-10)16(2)4-6-26-15(19)22-16/h3,5,7-8,14H,4,6H2,1-2H3,(H2,19,22)(H,20,21,25)/t16-/m0/s1. The highest BCUT2D eigenvalue weighted by Crippen LogP contribution is 2.34. The topological polar surface area (TPSA) is 98.2 Å². The zero-order chi connectivity index (χ0) is 18.9. The number of alkyl halides is 2. The van der Waals surface area contributed by atoms with Gasteiger partial charge in [0.2, 0.25) is 0 Å². The molecule has 0 unspecified atom stereocenters. The molecule has 3 rings (SSSR count). The van der Waals surface area contributed by atoms with Crippen molar-refractivity contribution in [1.82, 2.24) is 14.8 Å². The number of aliphatic imine (C=N–C) groups is 1.